The van der Waals surface area contributed by atoms with E-state index in [4.69, 9.17) is 4.98 Å². The first-order valence-corrected chi connectivity index (χ1v) is 10.5. The SMILES string of the molecule is O=C(c1cc(-c2ccccn2)nc2ccccc12)N1CCc2[nH]c3ccccc3c2C1. The van der Waals surface area contributed by atoms with Crippen LogP contribution in [0.2, 0.25) is 0 Å². The van der Waals surface area contributed by atoms with E-state index >= 15 is 0 Å². The Morgan fingerprint density at radius 1 is 0.903 bits per heavy atom. The lowest BCUT2D eigenvalue weighted by molar-refractivity contribution is 0.0737. The minimum Gasteiger partial charge on any atom is -0.358 e. The molecule has 0 spiro atoms. The molecule has 1 aliphatic heterocycles. The Morgan fingerprint density at radius 2 is 1.71 bits per heavy atom. The van der Waals surface area contributed by atoms with Crippen molar-refractivity contribution in [2.75, 3.05) is 6.54 Å². The van der Waals surface area contributed by atoms with Crippen LogP contribution in [0.25, 0.3) is 33.2 Å². The summed E-state index contributed by atoms with van der Waals surface area (Å²) >= 11 is 0. The first-order chi connectivity index (χ1) is 15.3. The molecular weight excluding hydrogens is 384 g/mol. The summed E-state index contributed by atoms with van der Waals surface area (Å²) in [6.45, 7) is 1.29. The summed E-state index contributed by atoms with van der Waals surface area (Å²) in [4.78, 5) is 28.4. The first kappa shape index (κ1) is 17.8. The second-order valence-corrected chi connectivity index (χ2v) is 7.89. The van der Waals surface area contributed by atoms with Crippen molar-refractivity contribution in [3.05, 3.63) is 95.8 Å². The lowest BCUT2D eigenvalue weighted by Gasteiger charge is -2.28. The molecule has 3 aromatic heterocycles. The van der Waals surface area contributed by atoms with Crippen LogP contribution in [0.15, 0.2) is 79.0 Å². The number of nitrogens with zero attached hydrogens (tertiary/aromatic N) is 3. The van der Waals surface area contributed by atoms with Gasteiger partial charge < -0.3 is 9.88 Å². The van der Waals surface area contributed by atoms with E-state index in [1.54, 1.807) is 6.20 Å². The largest absolute Gasteiger partial charge is 0.358 e. The third-order valence-electron chi connectivity index (χ3n) is 6.04. The van der Waals surface area contributed by atoms with Gasteiger partial charge in [0.05, 0.1) is 22.5 Å². The zero-order chi connectivity index (χ0) is 20.8. The molecule has 5 aromatic rings. The Labute approximate surface area is 179 Å². The highest BCUT2D eigenvalue weighted by Crippen LogP contribution is 2.30. The standard InChI is InChI=1S/C26H20N4O/c31-26(30-14-12-23-20(16-30)18-8-2-4-10-22(18)28-23)19-15-25(24-11-5-6-13-27-24)29-21-9-3-1-7-17(19)21/h1-11,13,15,28H,12,14,16H2. The number of nitrogens with one attached hydrogen (secondary N) is 1. The number of hydrogen-bond acceptors (Lipinski definition) is 3. The Morgan fingerprint density at radius 3 is 2.58 bits per heavy atom. The van der Waals surface area contributed by atoms with Crippen molar-refractivity contribution in [3.8, 4) is 11.4 Å². The van der Waals surface area contributed by atoms with E-state index in [0.717, 1.165) is 28.5 Å². The topological polar surface area (TPSA) is 61.9 Å². The van der Waals surface area contributed by atoms with Gasteiger partial charge in [-0.3, -0.25) is 9.78 Å². The number of fused-ring (bicyclic) bond motifs is 4. The molecule has 5 heteroatoms. The van der Waals surface area contributed by atoms with Crippen LogP contribution in [0.3, 0.4) is 0 Å². The Balaban J connectivity index is 1.44. The van der Waals surface area contributed by atoms with Crippen molar-refractivity contribution in [1.29, 1.82) is 0 Å². The van der Waals surface area contributed by atoms with E-state index in [1.807, 2.05) is 65.6 Å². The second kappa shape index (κ2) is 7.06. The van der Waals surface area contributed by atoms with Gasteiger partial charge in [-0.15, -0.1) is 0 Å². The number of carbonyl (C=O) groups excluding carboxylic acids is 1. The summed E-state index contributed by atoms with van der Waals surface area (Å²) in [5.41, 5.74) is 6.55. The molecular formula is C26H20N4O. The molecule has 5 nitrogen and oxygen atoms in total. The van der Waals surface area contributed by atoms with Crippen molar-refractivity contribution in [2.24, 2.45) is 0 Å². The number of aromatic nitrogens is 3. The van der Waals surface area contributed by atoms with Gasteiger partial charge in [-0.25, -0.2) is 4.98 Å². The predicted octanol–water partition coefficient (Wildman–Crippen LogP) is 4.98. The first-order valence-electron chi connectivity index (χ1n) is 10.5. The van der Waals surface area contributed by atoms with Crippen molar-refractivity contribution in [2.45, 2.75) is 13.0 Å². The Kier molecular flexibility index (Phi) is 4.06. The molecule has 0 atom stereocenters. The normalized spacial score (nSPS) is 13.5. The van der Waals surface area contributed by atoms with Gasteiger partial charge in [0, 0.05) is 53.3 Å². The summed E-state index contributed by atoms with van der Waals surface area (Å²) in [6, 6.07) is 23.7. The van der Waals surface area contributed by atoms with Crippen LogP contribution in [0.1, 0.15) is 21.6 Å². The molecule has 150 valence electrons. The molecule has 2 aromatic carbocycles. The fourth-order valence-electron chi connectivity index (χ4n) is 4.51. The minimum atomic E-state index is 0.0340. The quantitative estimate of drug-likeness (QED) is 0.452. The molecule has 0 unspecified atom stereocenters. The highest BCUT2D eigenvalue weighted by molar-refractivity contribution is 6.07. The van der Waals surface area contributed by atoms with E-state index in [-0.39, 0.29) is 5.91 Å². The number of rotatable bonds is 2. The molecule has 4 heterocycles. The maximum Gasteiger partial charge on any atom is 0.254 e. The van der Waals surface area contributed by atoms with Crippen molar-refractivity contribution >= 4 is 27.7 Å². The lowest BCUT2D eigenvalue weighted by Crippen LogP contribution is -2.36. The Bertz CT molecular complexity index is 1440. The highest BCUT2D eigenvalue weighted by Gasteiger charge is 2.26. The van der Waals surface area contributed by atoms with Gasteiger partial charge in [0.1, 0.15) is 0 Å². The van der Waals surface area contributed by atoms with E-state index in [0.29, 0.717) is 24.3 Å². The summed E-state index contributed by atoms with van der Waals surface area (Å²) in [5.74, 6) is 0.0340. The van der Waals surface area contributed by atoms with Crippen molar-refractivity contribution < 1.29 is 4.79 Å². The number of benzene rings is 2. The maximum absolute atomic E-state index is 13.7. The van der Waals surface area contributed by atoms with Crippen molar-refractivity contribution in [3.63, 3.8) is 0 Å². The van der Waals surface area contributed by atoms with Gasteiger partial charge in [-0.2, -0.15) is 0 Å². The van der Waals surface area contributed by atoms with Crippen LogP contribution >= 0.6 is 0 Å². The fourth-order valence-corrected chi connectivity index (χ4v) is 4.51. The summed E-state index contributed by atoms with van der Waals surface area (Å²) < 4.78 is 0. The molecule has 1 N–H and O–H groups in total. The average molecular weight is 404 g/mol. The number of para-hydroxylation sites is 2. The van der Waals surface area contributed by atoms with E-state index in [9.17, 15) is 4.79 Å². The van der Waals surface area contributed by atoms with Gasteiger partial charge in [0.25, 0.3) is 5.91 Å². The zero-order valence-corrected chi connectivity index (χ0v) is 16.9. The smallest absolute Gasteiger partial charge is 0.254 e. The molecule has 0 saturated carbocycles. The van der Waals surface area contributed by atoms with Gasteiger partial charge in [0.2, 0.25) is 0 Å². The molecule has 0 radical (unpaired) electrons. The monoisotopic (exact) mass is 404 g/mol. The average Bonchev–Trinajstić information content (AvgIpc) is 3.21. The zero-order valence-electron chi connectivity index (χ0n) is 16.9. The molecule has 6 rings (SSSR count). The highest BCUT2D eigenvalue weighted by atomic mass is 16.2. The van der Waals surface area contributed by atoms with Gasteiger partial charge in [0.15, 0.2) is 0 Å². The van der Waals surface area contributed by atoms with Crippen molar-refractivity contribution in [1.82, 2.24) is 19.9 Å². The van der Waals surface area contributed by atoms with Crippen LogP contribution in [0.5, 0.6) is 0 Å². The van der Waals surface area contributed by atoms with Crippen LogP contribution in [0, 0.1) is 0 Å². The molecule has 1 aliphatic rings. The summed E-state index contributed by atoms with van der Waals surface area (Å²) in [7, 11) is 0. The molecule has 0 bridgehead atoms. The third-order valence-corrected chi connectivity index (χ3v) is 6.04. The fraction of sp³-hybridized carbons (Fsp3) is 0.115. The maximum atomic E-state index is 13.7. The third kappa shape index (κ3) is 2.97. The molecule has 0 aliphatic carbocycles. The van der Waals surface area contributed by atoms with E-state index in [1.165, 1.54) is 16.6 Å². The molecule has 0 fully saturated rings. The second-order valence-electron chi connectivity index (χ2n) is 7.89. The summed E-state index contributed by atoms with van der Waals surface area (Å²) in [6.07, 6.45) is 2.57. The molecule has 1 amide bonds. The van der Waals surface area contributed by atoms with Crippen LogP contribution in [-0.4, -0.2) is 32.3 Å². The number of pyridine rings is 2. The number of hydrogen-bond donors (Lipinski definition) is 1. The molecule has 0 saturated heterocycles. The lowest BCUT2D eigenvalue weighted by atomic mass is 10.0. The van der Waals surface area contributed by atoms with E-state index < -0.39 is 0 Å². The van der Waals surface area contributed by atoms with Crippen LogP contribution in [-0.2, 0) is 13.0 Å². The number of carbonyl (C=O) groups is 1. The minimum absolute atomic E-state index is 0.0340. The summed E-state index contributed by atoms with van der Waals surface area (Å²) in [5, 5.41) is 2.07. The number of H-pyrrole nitrogens is 1. The van der Waals surface area contributed by atoms with Crippen LogP contribution < -0.4 is 0 Å². The van der Waals surface area contributed by atoms with E-state index in [2.05, 4.69) is 22.1 Å². The number of aromatic amines is 1. The molecule has 31 heavy (non-hydrogen) atoms. The van der Waals surface area contributed by atoms with Gasteiger partial charge in [-0.05, 0) is 30.3 Å². The van der Waals surface area contributed by atoms with Gasteiger partial charge >= 0.3 is 0 Å². The number of amides is 1. The van der Waals surface area contributed by atoms with Crippen LogP contribution in [0.4, 0.5) is 0 Å². The predicted molar refractivity (Wildman–Crippen MR) is 122 cm³/mol. The Hall–Kier alpha value is -3.99. The van der Waals surface area contributed by atoms with Gasteiger partial charge in [-0.1, -0.05) is 42.5 Å².